The molecule has 0 aliphatic carbocycles. The summed E-state index contributed by atoms with van der Waals surface area (Å²) < 4.78 is 8.00. The van der Waals surface area contributed by atoms with Gasteiger partial charge >= 0.3 is 0 Å². The van der Waals surface area contributed by atoms with Crippen LogP contribution in [-0.2, 0) is 11.3 Å². The van der Waals surface area contributed by atoms with Gasteiger partial charge in [0.15, 0.2) is 17.1 Å². The van der Waals surface area contributed by atoms with Crippen molar-refractivity contribution in [2.24, 2.45) is 0 Å². The number of nitrogens with one attached hydrogen (secondary N) is 1. The van der Waals surface area contributed by atoms with Gasteiger partial charge in [-0.2, -0.15) is 0 Å². The summed E-state index contributed by atoms with van der Waals surface area (Å²) in [7, 11) is 0. The van der Waals surface area contributed by atoms with Crippen LogP contribution < -0.4 is 10.1 Å². The van der Waals surface area contributed by atoms with Gasteiger partial charge in [0.1, 0.15) is 11.3 Å². The Balaban J connectivity index is 1.66. The number of anilines is 1. The van der Waals surface area contributed by atoms with E-state index in [0.717, 1.165) is 11.3 Å². The van der Waals surface area contributed by atoms with Crippen molar-refractivity contribution < 1.29 is 9.53 Å². The molecule has 0 spiro atoms. The maximum absolute atomic E-state index is 12.0. The minimum Gasteiger partial charge on any atom is -0.482 e. The van der Waals surface area contributed by atoms with Crippen molar-refractivity contribution in [1.82, 2.24) is 25.0 Å². The Hall–Kier alpha value is -2.17. The molecule has 0 radical (unpaired) electrons. The Bertz CT molecular complexity index is 947. The number of carbonyl (C=O) groups excluding carboxylic acids is 1. The van der Waals surface area contributed by atoms with Crippen molar-refractivity contribution >= 4 is 45.7 Å². The van der Waals surface area contributed by atoms with Crippen LogP contribution in [0.1, 0.15) is 31.3 Å². The summed E-state index contributed by atoms with van der Waals surface area (Å²) >= 11 is 8.58. The first-order valence-electron chi connectivity index (χ1n) is 8.52. The van der Waals surface area contributed by atoms with Gasteiger partial charge in [-0.3, -0.25) is 10.1 Å². The van der Waals surface area contributed by atoms with Crippen molar-refractivity contribution in [2.75, 3.05) is 11.1 Å². The van der Waals surface area contributed by atoms with Crippen LogP contribution in [0.25, 0.3) is 0 Å². The topological polar surface area (TPSA) is 94.8 Å². The van der Waals surface area contributed by atoms with E-state index in [1.165, 1.54) is 23.1 Å². The number of ether oxygens (including phenoxy) is 1. The summed E-state index contributed by atoms with van der Waals surface area (Å²) in [6.07, 6.45) is -0.308. The molecule has 3 rings (SSSR count). The molecule has 8 nitrogen and oxygen atoms in total. The summed E-state index contributed by atoms with van der Waals surface area (Å²) in [6.45, 7) is 6.52. The third-order valence-electron chi connectivity index (χ3n) is 3.80. The molecule has 0 aliphatic rings. The van der Waals surface area contributed by atoms with Gasteiger partial charge in [-0.15, -0.1) is 20.4 Å². The van der Waals surface area contributed by atoms with Crippen LogP contribution >= 0.6 is 34.7 Å². The summed E-state index contributed by atoms with van der Waals surface area (Å²) in [6, 6.07) is 5.49. The Morgan fingerprint density at radius 3 is 2.89 bits per heavy atom. The van der Waals surface area contributed by atoms with Crippen LogP contribution in [0.15, 0.2) is 28.9 Å². The molecular formula is C17H19ClN6O2S2. The van der Waals surface area contributed by atoms with Crippen LogP contribution in [0.3, 0.4) is 0 Å². The molecule has 1 atom stereocenters. The maximum atomic E-state index is 12.0. The van der Waals surface area contributed by atoms with Gasteiger partial charge in [0.05, 0.1) is 5.75 Å². The molecule has 0 saturated carbocycles. The highest BCUT2D eigenvalue weighted by molar-refractivity contribution is 7.99. The quantitative estimate of drug-likeness (QED) is 0.531. The molecule has 0 aliphatic heterocycles. The molecule has 1 N–H and O–H groups in total. The zero-order chi connectivity index (χ0) is 20.1. The van der Waals surface area contributed by atoms with E-state index in [1.54, 1.807) is 11.6 Å². The lowest BCUT2D eigenvalue weighted by Crippen LogP contribution is -2.15. The smallest absolute Gasteiger partial charge is 0.236 e. The van der Waals surface area contributed by atoms with E-state index in [1.807, 2.05) is 37.5 Å². The first-order valence-corrected chi connectivity index (χ1v) is 10.8. The van der Waals surface area contributed by atoms with E-state index < -0.39 is 0 Å². The summed E-state index contributed by atoms with van der Waals surface area (Å²) in [4.78, 5) is 12.0. The number of benzene rings is 1. The van der Waals surface area contributed by atoms with Crippen LogP contribution in [0.2, 0.25) is 5.02 Å². The summed E-state index contributed by atoms with van der Waals surface area (Å²) in [5.41, 5.74) is 2.51. The standard InChI is InChI=1S/C17H19ClN6O2S2/c1-4-24-15(11(3)26-13-6-5-12(18)7-10(13)2)21-23-17(24)27-8-14(25)20-16-22-19-9-28-16/h5-7,9,11H,4,8H2,1-3H3,(H,20,22,25). The Kier molecular flexibility index (Phi) is 6.87. The van der Waals surface area contributed by atoms with Crippen molar-refractivity contribution in [2.45, 2.75) is 38.6 Å². The van der Waals surface area contributed by atoms with E-state index in [2.05, 4.69) is 25.7 Å². The molecule has 0 fully saturated rings. The van der Waals surface area contributed by atoms with Crippen LogP contribution in [-0.4, -0.2) is 36.6 Å². The number of thioether (sulfide) groups is 1. The van der Waals surface area contributed by atoms with E-state index in [-0.39, 0.29) is 17.8 Å². The van der Waals surface area contributed by atoms with E-state index in [0.29, 0.717) is 27.7 Å². The zero-order valence-corrected chi connectivity index (χ0v) is 17.9. The molecular weight excluding hydrogens is 420 g/mol. The number of aryl methyl sites for hydroxylation is 1. The van der Waals surface area contributed by atoms with Gasteiger partial charge in [0.2, 0.25) is 11.0 Å². The molecule has 1 unspecified atom stereocenters. The zero-order valence-electron chi connectivity index (χ0n) is 15.5. The number of rotatable bonds is 8. The van der Waals surface area contributed by atoms with E-state index in [4.69, 9.17) is 16.3 Å². The number of hydrogen-bond acceptors (Lipinski definition) is 8. The largest absolute Gasteiger partial charge is 0.482 e. The van der Waals surface area contributed by atoms with Crippen molar-refractivity contribution in [3.05, 3.63) is 40.1 Å². The fourth-order valence-corrected chi connectivity index (χ4v) is 4.00. The molecule has 2 heterocycles. The Labute approximate surface area is 175 Å². The van der Waals surface area contributed by atoms with Gasteiger partial charge in [-0.1, -0.05) is 34.7 Å². The highest BCUT2D eigenvalue weighted by Crippen LogP contribution is 2.28. The molecule has 11 heteroatoms. The fourth-order valence-electron chi connectivity index (χ4n) is 2.51. The average molecular weight is 439 g/mol. The SMILES string of the molecule is CCn1c(SCC(=O)Nc2nncs2)nnc1C(C)Oc1ccc(Cl)cc1C. The van der Waals surface area contributed by atoms with Gasteiger partial charge in [-0.25, -0.2) is 0 Å². The highest BCUT2D eigenvalue weighted by atomic mass is 35.5. The minimum atomic E-state index is -0.308. The lowest BCUT2D eigenvalue weighted by molar-refractivity contribution is -0.113. The number of halogens is 1. The number of aromatic nitrogens is 5. The number of amides is 1. The molecule has 0 bridgehead atoms. The van der Waals surface area contributed by atoms with Gasteiger partial charge in [-0.05, 0) is 44.5 Å². The first kappa shape index (κ1) is 20.6. The summed E-state index contributed by atoms with van der Waals surface area (Å²) in [5.74, 6) is 1.47. The highest BCUT2D eigenvalue weighted by Gasteiger charge is 2.20. The second-order valence-corrected chi connectivity index (χ2v) is 8.05. The number of carbonyl (C=O) groups is 1. The van der Waals surface area contributed by atoms with Crippen LogP contribution in [0.5, 0.6) is 5.75 Å². The first-order chi connectivity index (χ1) is 13.5. The third kappa shape index (κ3) is 5.00. The molecule has 0 saturated heterocycles. The predicted octanol–water partition coefficient (Wildman–Crippen LogP) is 3.98. The summed E-state index contributed by atoms with van der Waals surface area (Å²) in [5, 5.41) is 20.5. The monoisotopic (exact) mass is 438 g/mol. The van der Waals surface area contributed by atoms with Gasteiger partial charge in [0, 0.05) is 11.6 Å². The van der Waals surface area contributed by atoms with Crippen molar-refractivity contribution in [1.29, 1.82) is 0 Å². The number of nitrogens with zero attached hydrogens (tertiary/aromatic N) is 5. The predicted molar refractivity (Wildman–Crippen MR) is 110 cm³/mol. The van der Waals surface area contributed by atoms with E-state index >= 15 is 0 Å². The van der Waals surface area contributed by atoms with Gasteiger partial charge < -0.3 is 9.30 Å². The molecule has 2 aromatic heterocycles. The second kappa shape index (κ2) is 9.35. The lowest BCUT2D eigenvalue weighted by Gasteiger charge is -2.17. The molecule has 148 valence electrons. The average Bonchev–Trinajstić information content (AvgIpc) is 3.31. The maximum Gasteiger partial charge on any atom is 0.236 e. The second-order valence-electron chi connectivity index (χ2n) is 5.84. The molecule has 3 aromatic rings. The fraction of sp³-hybridized carbons (Fsp3) is 0.353. The Morgan fingerprint density at radius 1 is 1.39 bits per heavy atom. The van der Waals surface area contributed by atoms with Crippen molar-refractivity contribution in [3.8, 4) is 5.75 Å². The number of hydrogen-bond donors (Lipinski definition) is 1. The van der Waals surface area contributed by atoms with Crippen molar-refractivity contribution in [3.63, 3.8) is 0 Å². The lowest BCUT2D eigenvalue weighted by atomic mass is 10.2. The van der Waals surface area contributed by atoms with Gasteiger partial charge in [0.25, 0.3) is 0 Å². The Morgan fingerprint density at radius 2 is 2.21 bits per heavy atom. The van der Waals surface area contributed by atoms with Crippen LogP contribution in [0, 0.1) is 6.92 Å². The third-order valence-corrected chi connectivity index (χ3v) is 5.61. The normalized spacial score (nSPS) is 12.0. The molecule has 1 aromatic carbocycles. The van der Waals surface area contributed by atoms with E-state index in [9.17, 15) is 4.79 Å². The molecule has 28 heavy (non-hydrogen) atoms. The minimum absolute atomic E-state index is 0.171. The molecule has 1 amide bonds. The van der Waals surface area contributed by atoms with Crippen LogP contribution in [0.4, 0.5) is 5.13 Å².